The van der Waals surface area contributed by atoms with E-state index in [0.717, 1.165) is 25.7 Å². The Balaban J connectivity index is 2.06. The first-order valence-corrected chi connectivity index (χ1v) is 6.08. The molecule has 0 amide bonds. The molecule has 2 nitrogen and oxygen atoms in total. The third-order valence-electron chi connectivity index (χ3n) is 3.61. The molecule has 1 aliphatic heterocycles. The fraction of sp³-hybridized carbons (Fsp3) is 0.909. The number of carbonyl (C=O) groups is 1. The number of esters is 1. The maximum Gasteiger partial charge on any atom is 0.306 e. The number of fused-ring (bicyclic) bond motifs is 1. The Hall–Kier alpha value is -0.240. The molecule has 2 atom stereocenters. The quantitative estimate of drug-likeness (QED) is 0.536. The zero-order valence-electron chi connectivity index (χ0n) is 8.43. The maximum absolute atomic E-state index is 11.3. The maximum atomic E-state index is 11.3. The molecule has 1 saturated carbocycles. The van der Waals surface area contributed by atoms with E-state index in [1.807, 2.05) is 0 Å². The average molecular weight is 217 g/mol. The highest BCUT2D eigenvalue weighted by Gasteiger charge is 2.49. The van der Waals surface area contributed by atoms with E-state index in [9.17, 15) is 4.79 Å². The summed E-state index contributed by atoms with van der Waals surface area (Å²) in [5.74, 6) is 1.16. The summed E-state index contributed by atoms with van der Waals surface area (Å²) in [4.78, 5) is 11.3. The number of ether oxygens (including phenoxy) is 1. The molecular weight excluding hydrogens is 200 g/mol. The summed E-state index contributed by atoms with van der Waals surface area (Å²) in [5.41, 5.74) is -0.121. The second-order valence-corrected chi connectivity index (χ2v) is 4.86. The lowest BCUT2D eigenvalue weighted by Gasteiger charge is -2.37. The van der Waals surface area contributed by atoms with E-state index < -0.39 is 0 Å². The van der Waals surface area contributed by atoms with Gasteiger partial charge < -0.3 is 4.74 Å². The molecule has 2 unspecified atom stereocenters. The highest BCUT2D eigenvalue weighted by atomic mass is 35.5. The van der Waals surface area contributed by atoms with Gasteiger partial charge in [-0.2, -0.15) is 0 Å². The number of hydrogen-bond acceptors (Lipinski definition) is 2. The van der Waals surface area contributed by atoms with Gasteiger partial charge in [-0.3, -0.25) is 4.79 Å². The van der Waals surface area contributed by atoms with Gasteiger partial charge in [0, 0.05) is 11.8 Å². The molecule has 3 heteroatoms. The van der Waals surface area contributed by atoms with Crippen molar-refractivity contribution in [3.63, 3.8) is 0 Å². The summed E-state index contributed by atoms with van der Waals surface area (Å²) in [6, 6.07) is 0. The lowest BCUT2D eigenvalue weighted by molar-refractivity contribution is -0.152. The van der Waals surface area contributed by atoms with Crippen LogP contribution >= 0.6 is 11.6 Å². The van der Waals surface area contributed by atoms with Gasteiger partial charge in [0.05, 0.1) is 6.42 Å². The summed E-state index contributed by atoms with van der Waals surface area (Å²) in [7, 11) is 0. The van der Waals surface area contributed by atoms with Crippen LogP contribution in [0.4, 0.5) is 0 Å². The monoisotopic (exact) mass is 216 g/mol. The van der Waals surface area contributed by atoms with Crippen molar-refractivity contribution in [2.75, 3.05) is 5.88 Å². The van der Waals surface area contributed by atoms with E-state index in [1.54, 1.807) is 0 Å². The Morgan fingerprint density at radius 3 is 3.14 bits per heavy atom. The van der Waals surface area contributed by atoms with Crippen LogP contribution in [0.5, 0.6) is 0 Å². The van der Waals surface area contributed by atoms with Crippen LogP contribution in [0.2, 0.25) is 0 Å². The van der Waals surface area contributed by atoms with Crippen LogP contribution < -0.4 is 0 Å². The fourth-order valence-corrected chi connectivity index (χ4v) is 3.05. The molecule has 0 aromatic rings. The molecule has 0 N–H and O–H groups in total. The Morgan fingerprint density at radius 1 is 1.50 bits per heavy atom. The molecule has 0 spiro atoms. The van der Waals surface area contributed by atoms with E-state index in [1.165, 1.54) is 12.8 Å². The third-order valence-corrected chi connectivity index (χ3v) is 3.88. The molecular formula is C11H17ClO2. The van der Waals surface area contributed by atoms with Gasteiger partial charge in [-0.1, -0.05) is 6.42 Å². The van der Waals surface area contributed by atoms with E-state index in [4.69, 9.17) is 16.3 Å². The van der Waals surface area contributed by atoms with Crippen molar-refractivity contribution >= 4 is 17.6 Å². The smallest absolute Gasteiger partial charge is 0.306 e. The first kappa shape index (κ1) is 10.3. The average Bonchev–Trinajstić information content (AvgIpc) is 2.51. The molecule has 80 valence electrons. The van der Waals surface area contributed by atoms with Crippen LogP contribution in [0.15, 0.2) is 0 Å². The Bertz CT molecular complexity index is 229. The summed E-state index contributed by atoms with van der Waals surface area (Å²) >= 11 is 5.70. The molecule has 2 rings (SSSR count). The number of carbonyl (C=O) groups excluding carboxylic acids is 1. The SMILES string of the molecule is O=C1CC2CCCCC2(CCCCl)O1. The van der Waals surface area contributed by atoms with E-state index >= 15 is 0 Å². The molecule has 0 bridgehead atoms. The van der Waals surface area contributed by atoms with Crippen LogP contribution in [-0.2, 0) is 9.53 Å². The predicted molar refractivity (Wildman–Crippen MR) is 55.4 cm³/mol. The van der Waals surface area contributed by atoms with Crippen molar-refractivity contribution in [3.8, 4) is 0 Å². The van der Waals surface area contributed by atoms with Crippen LogP contribution in [0.25, 0.3) is 0 Å². The first-order valence-electron chi connectivity index (χ1n) is 5.55. The van der Waals surface area contributed by atoms with Crippen molar-refractivity contribution in [1.82, 2.24) is 0 Å². The van der Waals surface area contributed by atoms with Gasteiger partial charge in [0.2, 0.25) is 0 Å². The molecule has 14 heavy (non-hydrogen) atoms. The van der Waals surface area contributed by atoms with Crippen molar-refractivity contribution in [3.05, 3.63) is 0 Å². The molecule has 0 aromatic heterocycles. The largest absolute Gasteiger partial charge is 0.459 e. The summed E-state index contributed by atoms with van der Waals surface area (Å²) in [6.07, 6.45) is 7.24. The third kappa shape index (κ3) is 1.77. The van der Waals surface area contributed by atoms with Crippen molar-refractivity contribution in [2.24, 2.45) is 5.92 Å². The van der Waals surface area contributed by atoms with Gasteiger partial charge in [-0.15, -0.1) is 11.6 Å². The number of alkyl halides is 1. The predicted octanol–water partition coefficient (Wildman–Crippen LogP) is 2.88. The minimum absolute atomic E-state index is 0.00599. The second-order valence-electron chi connectivity index (χ2n) is 4.48. The lowest BCUT2D eigenvalue weighted by Crippen LogP contribution is -2.38. The Morgan fingerprint density at radius 2 is 2.36 bits per heavy atom. The molecule has 1 aliphatic carbocycles. The molecule has 2 fully saturated rings. The van der Waals surface area contributed by atoms with Gasteiger partial charge in [0.15, 0.2) is 0 Å². The van der Waals surface area contributed by atoms with Crippen molar-refractivity contribution < 1.29 is 9.53 Å². The second kappa shape index (κ2) is 4.09. The number of hydrogen-bond donors (Lipinski definition) is 0. The zero-order valence-corrected chi connectivity index (χ0v) is 9.18. The lowest BCUT2D eigenvalue weighted by atomic mass is 9.73. The fourth-order valence-electron chi connectivity index (χ4n) is 2.92. The van der Waals surface area contributed by atoms with Crippen LogP contribution in [0.1, 0.15) is 44.9 Å². The van der Waals surface area contributed by atoms with Gasteiger partial charge in [-0.05, 0) is 32.1 Å². The molecule has 0 aromatic carbocycles. The Kier molecular flexibility index (Phi) is 3.01. The van der Waals surface area contributed by atoms with E-state index in [-0.39, 0.29) is 11.6 Å². The molecule has 0 radical (unpaired) electrons. The standard InChI is InChI=1S/C11H17ClO2/c12-7-3-6-11-5-2-1-4-9(11)8-10(13)14-11/h9H,1-8H2. The highest BCUT2D eigenvalue weighted by Crippen LogP contribution is 2.46. The molecule has 1 heterocycles. The zero-order chi connectivity index (χ0) is 10.0. The van der Waals surface area contributed by atoms with Gasteiger partial charge in [0.1, 0.15) is 5.60 Å². The van der Waals surface area contributed by atoms with Crippen molar-refractivity contribution in [2.45, 2.75) is 50.5 Å². The van der Waals surface area contributed by atoms with E-state index in [2.05, 4.69) is 0 Å². The van der Waals surface area contributed by atoms with Crippen molar-refractivity contribution in [1.29, 1.82) is 0 Å². The number of halogens is 1. The van der Waals surface area contributed by atoms with Crippen LogP contribution in [-0.4, -0.2) is 17.5 Å². The van der Waals surface area contributed by atoms with Crippen LogP contribution in [0, 0.1) is 5.92 Å². The summed E-state index contributed by atoms with van der Waals surface area (Å²) < 4.78 is 5.56. The minimum Gasteiger partial charge on any atom is -0.459 e. The number of rotatable bonds is 3. The van der Waals surface area contributed by atoms with Gasteiger partial charge >= 0.3 is 5.97 Å². The Labute approximate surface area is 90.0 Å². The normalized spacial score (nSPS) is 36.6. The molecule has 2 aliphatic rings. The summed E-state index contributed by atoms with van der Waals surface area (Å²) in [5, 5.41) is 0. The minimum atomic E-state index is -0.121. The highest BCUT2D eigenvalue weighted by molar-refractivity contribution is 6.17. The first-order chi connectivity index (χ1) is 6.77. The van der Waals surface area contributed by atoms with Gasteiger partial charge in [-0.25, -0.2) is 0 Å². The topological polar surface area (TPSA) is 26.3 Å². The van der Waals surface area contributed by atoms with Crippen LogP contribution in [0.3, 0.4) is 0 Å². The van der Waals surface area contributed by atoms with Gasteiger partial charge in [0.25, 0.3) is 0 Å². The molecule has 1 saturated heterocycles. The summed E-state index contributed by atoms with van der Waals surface area (Å²) in [6.45, 7) is 0. The van der Waals surface area contributed by atoms with E-state index in [0.29, 0.717) is 18.2 Å².